The quantitative estimate of drug-likeness (QED) is 0.0262. The van der Waals surface area contributed by atoms with Gasteiger partial charge in [0.1, 0.15) is 13.2 Å². The van der Waals surface area contributed by atoms with Gasteiger partial charge in [0.2, 0.25) is 0 Å². The standard InChI is InChI=1S/C57H98O6/c1-4-7-10-13-16-19-22-25-28-31-34-37-40-43-46-49-55(58)61-52-54(63-57(60)51-48-45-42-39-36-33-30-27-24-21-18-15-12-9-6-3)53-62-56(59)50-47-44-41-38-35-32-29-26-23-20-17-14-11-8-5-2/h7,10,16,18-21,23,25,27-28,30,54H,4-6,8-9,11-15,17,22,24,26,29,31-53H2,1-3H3/b10-7+,19-16+,21-18+,23-20+,28-25+,30-27+/t54-/m0/s1. The van der Waals surface area contributed by atoms with Crippen molar-refractivity contribution in [2.24, 2.45) is 0 Å². The smallest absolute Gasteiger partial charge is 0.306 e. The van der Waals surface area contributed by atoms with Gasteiger partial charge in [0.15, 0.2) is 6.10 Å². The monoisotopic (exact) mass is 879 g/mol. The minimum absolute atomic E-state index is 0.0890. The molecule has 0 heterocycles. The van der Waals surface area contributed by atoms with Crippen molar-refractivity contribution in [3.05, 3.63) is 72.9 Å². The summed E-state index contributed by atoms with van der Waals surface area (Å²) in [6.45, 7) is 6.46. The minimum atomic E-state index is -0.791. The van der Waals surface area contributed by atoms with Crippen LogP contribution in [0.2, 0.25) is 0 Å². The van der Waals surface area contributed by atoms with Gasteiger partial charge < -0.3 is 14.2 Å². The van der Waals surface area contributed by atoms with Gasteiger partial charge in [0.25, 0.3) is 0 Å². The van der Waals surface area contributed by atoms with Crippen LogP contribution in [-0.2, 0) is 28.6 Å². The summed E-state index contributed by atoms with van der Waals surface area (Å²) in [5.74, 6) is -0.922. The number of carbonyl (C=O) groups is 3. The van der Waals surface area contributed by atoms with Gasteiger partial charge in [-0.3, -0.25) is 14.4 Å². The van der Waals surface area contributed by atoms with E-state index in [1.54, 1.807) is 0 Å². The summed E-state index contributed by atoms with van der Waals surface area (Å²) in [5, 5.41) is 0. The first-order valence-corrected chi connectivity index (χ1v) is 26.4. The summed E-state index contributed by atoms with van der Waals surface area (Å²) in [5.41, 5.74) is 0. The Morgan fingerprint density at radius 3 is 1.02 bits per heavy atom. The Kier molecular flexibility index (Phi) is 48.9. The van der Waals surface area contributed by atoms with Crippen molar-refractivity contribution in [1.29, 1.82) is 0 Å². The number of rotatable bonds is 47. The van der Waals surface area contributed by atoms with Crippen molar-refractivity contribution in [3.8, 4) is 0 Å². The molecule has 63 heavy (non-hydrogen) atoms. The van der Waals surface area contributed by atoms with Gasteiger partial charge in [0, 0.05) is 19.3 Å². The van der Waals surface area contributed by atoms with E-state index < -0.39 is 6.10 Å². The fraction of sp³-hybridized carbons (Fsp3) is 0.737. The molecule has 6 nitrogen and oxygen atoms in total. The summed E-state index contributed by atoms with van der Waals surface area (Å²) in [4.78, 5) is 38.0. The lowest BCUT2D eigenvalue weighted by Crippen LogP contribution is -2.30. The van der Waals surface area contributed by atoms with Gasteiger partial charge in [0.05, 0.1) is 0 Å². The van der Waals surface area contributed by atoms with Gasteiger partial charge in [-0.25, -0.2) is 0 Å². The Hall–Kier alpha value is -3.15. The van der Waals surface area contributed by atoms with E-state index in [2.05, 4.69) is 93.7 Å². The van der Waals surface area contributed by atoms with Crippen molar-refractivity contribution in [3.63, 3.8) is 0 Å². The topological polar surface area (TPSA) is 78.9 Å². The first-order chi connectivity index (χ1) is 31.0. The van der Waals surface area contributed by atoms with Crippen LogP contribution in [0.25, 0.3) is 0 Å². The molecule has 0 aromatic carbocycles. The second-order valence-electron chi connectivity index (χ2n) is 17.4. The Morgan fingerprint density at radius 1 is 0.333 bits per heavy atom. The molecule has 1 atom stereocenters. The molecule has 0 aliphatic carbocycles. The first kappa shape index (κ1) is 59.9. The third-order valence-corrected chi connectivity index (χ3v) is 11.2. The lowest BCUT2D eigenvalue weighted by molar-refractivity contribution is -0.167. The van der Waals surface area contributed by atoms with Crippen molar-refractivity contribution in [2.75, 3.05) is 13.2 Å². The summed E-state index contributed by atoms with van der Waals surface area (Å²) >= 11 is 0. The Labute approximate surface area is 389 Å². The van der Waals surface area contributed by atoms with Crippen LogP contribution in [0.4, 0.5) is 0 Å². The molecule has 0 unspecified atom stereocenters. The Bertz CT molecular complexity index is 1190. The minimum Gasteiger partial charge on any atom is -0.462 e. The second kappa shape index (κ2) is 51.5. The molecule has 0 aliphatic rings. The fourth-order valence-corrected chi connectivity index (χ4v) is 7.19. The van der Waals surface area contributed by atoms with E-state index in [9.17, 15) is 14.4 Å². The molecular formula is C57H98O6. The molecule has 0 N–H and O–H groups in total. The van der Waals surface area contributed by atoms with E-state index in [0.717, 1.165) is 122 Å². The lowest BCUT2D eigenvalue weighted by Gasteiger charge is -2.18. The summed E-state index contributed by atoms with van der Waals surface area (Å²) in [7, 11) is 0. The molecule has 0 saturated carbocycles. The average molecular weight is 879 g/mol. The molecule has 0 spiro atoms. The van der Waals surface area contributed by atoms with Crippen molar-refractivity contribution < 1.29 is 28.6 Å². The highest BCUT2D eigenvalue weighted by atomic mass is 16.6. The molecule has 6 heteroatoms. The highest BCUT2D eigenvalue weighted by molar-refractivity contribution is 5.71. The predicted molar refractivity (Wildman–Crippen MR) is 270 cm³/mol. The SMILES string of the molecule is CC/C=C/C/C=C/C/C=C/CCCCCCCC(=O)OC[C@@H](COC(=O)CCCCCCCCC/C=C/CCCCCC)OC(=O)CCCCCCC/C=C/C/C=C/CCCCC. The van der Waals surface area contributed by atoms with Crippen LogP contribution in [0.1, 0.15) is 252 Å². The van der Waals surface area contributed by atoms with Crippen LogP contribution in [0.3, 0.4) is 0 Å². The van der Waals surface area contributed by atoms with Crippen LogP contribution in [0.15, 0.2) is 72.9 Å². The number of unbranched alkanes of at least 4 members (excludes halogenated alkanes) is 24. The maximum atomic E-state index is 12.8. The normalized spacial score (nSPS) is 12.6. The van der Waals surface area contributed by atoms with E-state index in [1.807, 2.05) is 0 Å². The molecular weight excluding hydrogens is 781 g/mol. The number of ether oxygens (including phenoxy) is 3. The van der Waals surface area contributed by atoms with E-state index in [1.165, 1.54) is 89.9 Å². The molecule has 0 aromatic rings. The van der Waals surface area contributed by atoms with E-state index >= 15 is 0 Å². The largest absolute Gasteiger partial charge is 0.462 e. The molecule has 0 fully saturated rings. The van der Waals surface area contributed by atoms with Gasteiger partial charge in [-0.2, -0.15) is 0 Å². The van der Waals surface area contributed by atoms with Gasteiger partial charge in [-0.1, -0.05) is 196 Å². The van der Waals surface area contributed by atoms with Crippen LogP contribution in [0, 0.1) is 0 Å². The number of esters is 3. The summed E-state index contributed by atoms with van der Waals surface area (Å²) in [6, 6.07) is 0. The maximum Gasteiger partial charge on any atom is 0.306 e. The molecule has 362 valence electrons. The molecule has 0 saturated heterocycles. The zero-order chi connectivity index (χ0) is 45.8. The van der Waals surface area contributed by atoms with Crippen LogP contribution >= 0.6 is 0 Å². The van der Waals surface area contributed by atoms with E-state index in [0.29, 0.717) is 19.3 Å². The first-order valence-electron chi connectivity index (χ1n) is 26.4. The number of allylic oxidation sites excluding steroid dienone is 12. The molecule has 0 rings (SSSR count). The molecule has 0 radical (unpaired) electrons. The van der Waals surface area contributed by atoms with Crippen LogP contribution < -0.4 is 0 Å². The van der Waals surface area contributed by atoms with Gasteiger partial charge in [-0.15, -0.1) is 0 Å². The second-order valence-corrected chi connectivity index (χ2v) is 17.4. The fourth-order valence-electron chi connectivity index (χ4n) is 7.19. The van der Waals surface area contributed by atoms with E-state index in [-0.39, 0.29) is 31.1 Å². The molecule has 0 amide bonds. The lowest BCUT2D eigenvalue weighted by atomic mass is 10.1. The third-order valence-electron chi connectivity index (χ3n) is 11.2. The van der Waals surface area contributed by atoms with Crippen LogP contribution in [0.5, 0.6) is 0 Å². The van der Waals surface area contributed by atoms with Gasteiger partial charge in [-0.05, 0) is 109 Å². The molecule has 0 aliphatic heterocycles. The number of hydrogen-bond acceptors (Lipinski definition) is 6. The highest BCUT2D eigenvalue weighted by Gasteiger charge is 2.19. The average Bonchev–Trinajstić information content (AvgIpc) is 3.28. The zero-order valence-corrected chi connectivity index (χ0v) is 41.3. The van der Waals surface area contributed by atoms with Crippen molar-refractivity contribution in [2.45, 2.75) is 258 Å². The summed E-state index contributed by atoms with van der Waals surface area (Å²) in [6.07, 6.45) is 64.5. The van der Waals surface area contributed by atoms with E-state index in [4.69, 9.17) is 14.2 Å². The third kappa shape index (κ3) is 49.7. The van der Waals surface area contributed by atoms with Crippen LogP contribution in [-0.4, -0.2) is 37.2 Å². The zero-order valence-electron chi connectivity index (χ0n) is 41.3. The molecule has 0 bridgehead atoms. The highest BCUT2D eigenvalue weighted by Crippen LogP contribution is 2.14. The Balaban J connectivity index is 4.44. The van der Waals surface area contributed by atoms with Gasteiger partial charge >= 0.3 is 17.9 Å². The number of hydrogen-bond donors (Lipinski definition) is 0. The summed E-state index contributed by atoms with van der Waals surface area (Å²) < 4.78 is 16.8. The predicted octanol–water partition coefficient (Wildman–Crippen LogP) is 17.4. The van der Waals surface area contributed by atoms with Crippen molar-refractivity contribution in [1.82, 2.24) is 0 Å². The van der Waals surface area contributed by atoms with Crippen molar-refractivity contribution >= 4 is 17.9 Å². The molecule has 0 aromatic heterocycles. The maximum absolute atomic E-state index is 12.8. The number of carbonyl (C=O) groups excluding carboxylic acids is 3. The Morgan fingerprint density at radius 2 is 0.619 bits per heavy atom.